The fourth-order valence-corrected chi connectivity index (χ4v) is 1.61. The Kier molecular flexibility index (Phi) is 2.55. The highest BCUT2D eigenvalue weighted by Gasteiger charge is 2.04. The standard InChI is InChI=1S/C11H10ClNO/c1-2-14-10-7-9(12)6-8-4-3-5-13-11(8)10/h3-7H,2H2,1H3. The molecule has 0 bridgehead atoms. The largest absolute Gasteiger partial charge is 0.492 e. The Hall–Kier alpha value is -1.28. The Morgan fingerprint density at radius 1 is 1.43 bits per heavy atom. The summed E-state index contributed by atoms with van der Waals surface area (Å²) < 4.78 is 5.45. The highest BCUT2D eigenvalue weighted by Crippen LogP contribution is 2.27. The molecule has 2 nitrogen and oxygen atoms in total. The van der Waals surface area contributed by atoms with Gasteiger partial charge in [0.25, 0.3) is 0 Å². The van der Waals surface area contributed by atoms with E-state index in [0.717, 1.165) is 16.7 Å². The van der Waals surface area contributed by atoms with E-state index in [-0.39, 0.29) is 0 Å². The first-order chi connectivity index (χ1) is 6.81. The molecule has 1 aromatic carbocycles. The third kappa shape index (κ3) is 1.66. The number of aromatic nitrogens is 1. The van der Waals surface area contributed by atoms with Crippen molar-refractivity contribution in [1.82, 2.24) is 4.98 Å². The molecule has 14 heavy (non-hydrogen) atoms. The summed E-state index contributed by atoms with van der Waals surface area (Å²) in [4.78, 5) is 4.26. The second kappa shape index (κ2) is 3.84. The molecule has 0 amide bonds. The van der Waals surface area contributed by atoms with Gasteiger partial charge in [-0.15, -0.1) is 0 Å². The maximum Gasteiger partial charge on any atom is 0.146 e. The predicted octanol–water partition coefficient (Wildman–Crippen LogP) is 3.29. The van der Waals surface area contributed by atoms with E-state index in [1.165, 1.54) is 0 Å². The Bertz CT molecular complexity index is 456. The number of fused-ring (bicyclic) bond motifs is 1. The summed E-state index contributed by atoms with van der Waals surface area (Å²) in [5, 5.41) is 1.68. The quantitative estimate of drug-likeness (QED) is 0.754. The highest BCUT2D eigenvalue weighted by atomic mass is 35.5. The highest BCUT2D eigenvalue weighted by molar-refractivity contribution is 6.31. The molecule has 0 fully saturated rings. The average Bonchev–Trinajstić information content (AvgIpc) is 2.18. The molecule has 2 rings (SSSR count). The van der Waals surface area contributed by atoms with Gasteiger partial charge in [0, 0.05) is 22.7 Å². The second-order valence-electron chi connectivity index (χ2n) is 2.91. The molecule has 0 saturated heterocycles. The molecule has 0 aliphatic carbocycles. The topological polar surface area (TPSA) is 22.1 Å². The van der Waals surface area contributed by atoms with Gasteiger partial charge >= 0.3 is 0 Å². The van der Waals surface area contributed by atoms with E-state index < -0.39 is 0 Å². The zero-order valence-electron chi connectivity index (χ0n) is 7.83. The van der Waals surface area contributed by atoms with Crippen molar-refractivity contribution in [3.63, 3.8) is 0 Å². The molecule has 1 aromatic heterocycles. The van der Waals surface area contributed by atoms with Crippen molar-refractivity contribution >= 4 is 22.5 Å². The Morgan fingerprint density at radius 2 is 2.29 bits per heavy atom. The van der Waals surface area contributed by atoms with Crippen molar-refractivity contribution < 1.29 is 4.74 Å². The lowest BCUT2D eigenvalue weighted by Crippen LogP contribution is -1.93. The van der Waals surface area contributed by atoms with E-state index in [1.54, 1.807) is 12.3 Å². The maximum atomic E-state index is 5.95. The number of hydrogen-bond donors (Lipinski definition) is 0. The van der Waals surface area contributed by atoms with Gasteiger partial charge < -0.3 is 4.74 Å². The van der Waals surface area contributed by atoms with Crippen molar-refractivity contribution in [2.75, 3.05) is 6.61 Å². The number of benzene rings is 1. The lowest BCUT2D eigenvalue weighted by molar-refractivity contribution is 0.343. The summed E-state index contributed by atoms with van der Waals surface area (Å²) in [6, 6.07) is 7.53. The number of hydrogen-bond acceptors (Lipinski definition) is 2. The minimum Gasteiger partial charge on any atom is -0.492 e. The molecule has 3 heteroatoms. The molecule has 2 aromatic rings. The molecule has 0 N–H and O–H groups in total. The summed E-state index contributed by atoms with van der Waals surface area (Å²) in [6.07, 6.45) is 1.75. The van der Waals surface area contributed by atoms with Crippen LogP contribution in [-0.2, 0) is 0 Å². The molecule has 0 spiro atoms. The first-order valence-electron chi connectivity index (χ1n) is 4.48. The summed E-state index contributed by atoms with van der Waals surface area (Å²) in [6.45, 7) is 2.56. The molecule has 1 heterocycles. The van der Waals surface area contributed by atoms with Crippen molar-refractivity contribution in [3.8, 4) is 5.75 Å². The lowest BCUT2D eigenvalue weighted by atomic mass is 10.2. The zero-order valence-corrected chi connectivity index (χ0v) is 8.58. The van der Waals surface area contributed by atoms with Gasteiger partial charge in [0.1, 0.15) is 11.3 Å². The van der Waals surface area contributed by atoms with E-state index in [4.69, 9.17) is 16.3 Å². The summed E-state index contributed by atoms with van der Waals surface area (Å²) in [7, 11) is 0. The van der Waals surface area contributed by atoms with E-state index >= 15 is 0 Å². The van der Waals surface area contributed by atoms with Gasteiger partial charge in [-0.05, 0) is 19.1 Å². The van der Waals surface area contributed by atoms with Gasteiger partial charge in [-0.25, -0.2) is 0 Å². The van der Waals surface area contributed by atoms with E-state index in [9.17, 15) is 0 Å². The fraction of sp³-hybridized carbons (Fsp3) is 0.182. The molecule has 0 aliphatic rings. The van der Waals surface area contributed by atoms with Crippen molar-refractivity contribution in [2.45, 2.75) is 6.92 Å². The smallest absolute Gasteiger partial charge is 0.146 e. The van der Waals surface area contributed by atoms with Crippen LogP contribution in [0.4, 0.5) is 0 Å². The van der Waals surface area contributed by atoms with Crippen LogP contribution in [0.15, 0.2) is 30.5 Å². The van der Waals surface area contributed by atoms with Gasteiger partial charge in [-0.3, -0.25) is 4.98 Å². The summed E-state index contributed by atoms with van der Waals surface area (Å²) >= 11 is 5.95. The molecule has 0 radical (unpaired) electrons. The van der Waals surface area contributed by atoms with Gasteiger partial charge in [0.2, 0.25) is 0 Å². The Morgan fingerprint density at radius 3 is 3.07 bits per heavy atom. The van der Waals surface area contributed by atoms with Crippen LogP contribution in [0.25, 0.3) is 10.9 Å². The minimum absolute atomic E-state index is 0.617. The van der Waals surface area contributed by atoms with E-state index in [2.05, 4.69) is 4.98 Å². The number of pyridine rings is 1. The average molecular weight is 208 g/mol. The van der Waals surface area contributed by atoms with Crippen molar-refractivity contribution in [3.05, 3.63) is 35.5 Å². The molecule has 0 atom stereocenters. The summed E-state index contributed by atoms with van der Waals surface area (Å²) in [5.41, 5.74) is 0.860. The van der Waals surface area contributed by atoms with Gasteiger partial charge in [0.15, 0.2) is 0 Å². The molecule has 0 saturated carbocycles. The maximum absolute atomic E-state index is 5.95. The Labute approximate surface area is 87.5 Å². The van der Waals surface area contributed by atoms with E-state index in [1.807, 2.05) is 25.1 Å². The number of nitrogens with zero attached hydrogens (tertiary/aromatic N) is 1. The zero-order chi connectivity index (χ0) is 9.97. The van der Waals surface area contributed by atoms with Gasteiger partial charge in [0.05, 0.1) is 6.61 Å². The lowest BCUT2D eigenvalue weighted by Gasteiger charge is -2.06. The molecular weight excluding hydrogens is 198 g/mol. The van der Waals surface area contributed by atoms with Gasteiger partial charge in [-0.2, -0.15) is 0 Å². The third-order valence-electron chi connectivity index (χ3n) is 1.93. The molecular formula is C11H10ClNO. The van der Waals surface area contributed by atoms with Crippen LogP contribution < -0.4 is 4.74 Å². The second-order valence-corrected chi connectivity index (χ2v) is 3.35. The minimum atomic E-state index is 0.617. The van der Waals surface area contributed by atoms with E-state index in [0.29, 0.717) is 11.6 Å². The van der Waals surface area contributed by atoms with Crippen molar-refractivity contribution in [1.29, 1.82) is 0 Å². The van der Waals surface area contributed by atoms with Crippen LogP contribution in [0.5, 0.6) is 5.75 Å². The SMILES string of the molecule is CCOc1cc(Cl)cc2cccnc12. The molecule has 0 unspecified atom stereocenters. The molecule has 0 aliphatic heterocycles. The van der Waals surface area contributed by atoms with Crippen LogP contribution in [-0.4, -0.2) is 11.6 Å². The number of rotatable bonds is 2. The number of ether oxygens (including phenoxy) is 1. The first kappa shape index (κ1) is 9.28. The molecule has 72 valence electrons. The fourth-order valence-electron chi connectivity index (χ4n) is 1.39. The van der Waals surface area contributed by atoms with Crippen LogP contribution in [0, 0.1) is 0 Å². The number of halogens is 1. The van der Waals surface area contributed by atoms with Crippen molar-refractivity contribution in [2.24, 2.45) is 0 Å². The van der Waals surface area contributed by atoms with Crippen LogP contribution >= 0.6 is 11.6 Å². The van der Waals surface area contributed by atoms with Gasteiger partial charge in [-0.1, -0.05) is 17.7 Å². The third-order valence-corrected chi connectivity index (χ3v) is 2.15. The van der Waals surface area contributed by atoms with Crippen LogP contribution in [0.2, 0.25) is 5.02 Å². The van der Waals surface area contributed by atoms with Crippen LogP contribution in [0.1, 0.15) is 6.92 Å². The normalized spacial score (nSPS) is 10.4. The monoisotopic (exact) mass is 207 g/mol. The Balaban J connectivity index is 2.67. The predicted molar refractivity (Wildman–Crippen MR) is 57.9 cm³/mol. The first-order valence-corrected chi connectivity index (χ1v) is 4.86. The van der Waals surface area contributed by atoms with Crippen LogP contribution in [0.3, 0.4) is 0 Å². The summed E-state index contributed by atoms with van der Waals surface area (Å²) in [5.74, 6) is 0.746.